The number of carboxylic acids is 1. The van der Waals surface area contributed by atoms with Crippen LogP contribution >= 0.6 is 0 Å². The zero-order chi connectivity index (χ0) is 13.5. The van der Waals surface area contributed by atoms with Crippen LogP contribution in [0.15, 0.2) is 0 Å². The lowest BCUT2D eigenvalue weighted by molar-refractivity contribution is -0.139. The fourth-order valence-electron chi connectivity index (χ4n) is 2.10. The van der Waals surface area contributed by atoms with E-state index in [0.717, 1.165) is 13.1 Å². The average molecular weight is 257 g/mol. The second-order valence-electron chi connectivity index (χ2n) is 4.75. The minimum Gasteiger partial charge on any atom is -0.480 e. The highest BCUT2D eigenvalue weighted by atomic mass is 16.4. The van der Waals surface area contributed by atoms with Crippen LogP contribution in [0.4, 0.5) is 4.79 Å². The normalized spacial score (nSPS) is 19.2. The first-order valence-electron chi connectivity index (χ1n) is 6.55. The van der Waals surface area contributed by atoms with Crippen LogP contribution in [-0.4, -0.2) is 53.7 Å². The lowest BCUT2D eigenvalue weighted by Crippen LogP contribution is -2.49. The molecule has 1 unspecified atom stereocenters. The molecule has 18 heavy (non-hydrogen) atoms. The molecule has 0 radical (unpaired) electrons. The van der Waals surface area contributed by atoms with Gasteiger partial charge in [-0.15, -0.1) is 0 Å². The monoisotopic (exact) mass is 257 g/mol. The van der Waals surface area contributed by atoms with Crippen molar-refractivity contribution in [1.82, 2.24) is 15.5 Å². The van der Waals surface area contributed by atoms with E-state index in [0.29, 0.717) is 19.0 Å². The minimum absolute atomic E-state index is 0.295. The Labute approximate surface area is 108 Å². The fraction of sp³-hybridized carbons (Fsp3) is 0.833. The quantitative estimate of drug-likeness (QED) is 0.652. The number of aliphatic carboxylic acids is 1. The highest BCUT2D eigenvalue weighted by Crippen LogP contribution is 2.10. The van der Waals surface area contributed by atoms with Gasteiger partial charge in [0.05, 0.1) is 0 Å². The van der Waals surface area contributed by atoms with Gasteiger partial charge in [0, 0.05) is 12.6 Å². The third kappa shape index (κ3) is 4.52. The molecule has 2 amide bonds. The van der Waals surface area contributed by atoms with Crippen molar-refractivity contribution >= 4 is 12.0 Å². The summed E-state index contributed by atoms with van der Waals surface area (Å²) in [4.78, 5) is 24.6. The molecule has 3 N–H and O–H groups in total. The summed E-state index contributed by atoms with van der Waals surface area (Å²) in [5.74, 6) is -1.000. The Hall–Kier alpha value is -1.30. The first-order valence-corrected chi connectivity index (χ1v) is 6.55. The summed E-state index contributed by atoms with van der Waals surface area (Å²) in [6, 6.07) is -0.925. The van der Waals surface area contributed by atoms with Gasteiger partial charge in [-0.2, -0.15) is 0 Å². The molecule has 6 heteroatoms. The number of rotatable bonds is 6. The summed E-state index contributed by atoms with van der Waals surface area (Å²) in [6.45, 7) is 6.50. The number of nitrogens with one attached hydrogen (secondary N) is 2. The Kier molecular flexibility index (Phi) is 5.91. The zero-order valence-corrected chi connectivity index (χ0v) is 11.1. The second-order valence-corrected chi connectivity index (χ2v) is 4.75. The van der Waals surface area contributed by atoms with Gasteiger partial charge in [-0.3, -0.25) is 4.90 Å². The molecule has 1 rings (SSSR count). The van der Waals surface area contributed by atoms with E-state index in [1.807, 2.05) is 0 Å². The third-order valence-electron chi connectivity index (χ3n) is 3.33. The van der Waals surface area contributed by atoms with Gasteiger partial charge in [-0.1, -0.05) is 6.92 Å². The number of likely N-dealkylation sites (tertiary alicyclic amines) is 1. The fourth-order valence-corrected chi connectivity index (χ4v) is 2.10. The Morgan fingerprint density at radius 3 is 2.44 bits per heavy atom. The summed E-state index contributed by atoms with van der Waals surface area (Å²) in [7, 11) is 0. The molecule has 1 heterocycles. The molecular formula is C12H23N3O3. The van der Waals surface area contributed by atoms with Crippen LogP contribution in [0.25, 0.3) is 0 Å². The molecule has 1 aliphatic rings. The maximum atomic E-state index is 11.5. The number of amides is 2. The Balaban J connectivity index is 2.25. The lowest BCUT2D eigenvalue weighted by atomic mass is 10.2. The van der Waals surface area contributed by atoms with E-state index >= 15 is 0 Å². The summed E-state index contributed by atoms with van der Waals surface area (Å²) in [6.07, 6.45) is 2.81. The minimum atomic E-state index is -1.000. The van der Waals surface area contributed by atoms with Gasteiger partial charge in [0.15, 0.2) is 0 Å². The highest BCUT2D eigenvalue weighted by Gasteiger charge is 2.20. The standard InChI is InChI=1S/C12H23N3O3/c1-3-10(11(16)17)14-12(18)13-8-9(2)15-6-4-5-7-15/h9-10H,3-8H2,1-2H3,(H,16,17)(H2,13,14,18)/t9?,10-/m0/s1. The molecule has 1 fully saturated rings. The van der Waals surface area contributed by atoms with Crippen molar-refractivity contribution in [1.29, 1.82) is 0 Å². The maximum Gasteiger partial charge on any atom is 0.326 e. The lowest BCUT2D eigenvalue weighted by Gasteiger charge is -2.24. The van der Waals surface area contributed by atoms with E-state index < -0.39 is 18.0 Å². The van der Waals surface area contributed by atoms with Crippen LogP contribution in [0.1, 0.15) is 33.1 Å². The van der Waals surface area contributed by atoms with Crippen LogP contribution in [0.3, 0.4) is 0 Å². The predicted molar refractivity (Wildman–Crippen MR) is 68.5 cm³/mol. The highest BCUT2D eigenvalue weighted by molar-refractivity contribution is 5.82. The molecule has 0 aromatic carbocycles. The second kappa shape index (κ2) is 7.20. The van der Waals surface area contributed by atoms with Crippen molar-refractivity contribution in [3.05, 3.63) is 0 Å². The van der Waals surface area contributed by atoms with E-state index in [-0.39, 0.29) is 0 Å². The average Bonchev–Trinajstić information content (AvgIpc) is 2.86. The smallest absolute Gasteiger partial charge is 0.326 e. The Bertz CT molecular complexity index is 290. The van der Waals surface area contributed by atoms with Crippen molar-refractivity contribution in [3.63, 3.8) is 0 Å². The number of urea groups is 1. The van der Waals surface area contributed by atoms with Gasteiger partial charge >= 0.3 is 12.0 Å². The molecule has 0 aromatic rings. The van der Waals surface area contributed by atoms with Crippen LogP contribution in [0.5, 0.6) is 0 Å². The zero-order valence-electron chi connectivity index (χ0n) is 11.1. The SMILES string of the molecule is CC[C@H](NC(=O)NCC(C)N1CCCC1)C(=O)O. The summed E-state index contributed by atoms with van der Waals surface area (Å²) in [5.41, 5.74) is 0. The van der Waals surface area contributed by atoms with Gasteiger partial charge in [-0.05, 0) is 39.3 Å². The number of carbonyl (C=O) groups is 2. The summed E-state index contributed by atoms with van der Waals surface area (Å²) in [5, 5.41) is 14.0. The van der Waals surface area contributed by atoms with Crippen LogP contribution in [-0.2, 0) is 4.79 Å². The number of nitrogens with zero attached hydrogens (tertiary/aromatic N) is 1. The van der Waals surface area contributed by atoms with E-state index in [4.69, 9.17) is 5.11 Å². The van der Waals surface area contributed by atoms with Crippen LogP contribution in [0.2, 0.25) is 0 Å². The molecule has 1 aliphatic heterocycles. The van der Waals surface area contributed by atoms with Crippen LogP contribution in [0, 0.1) is 0 Å². The molecular weight excluding hydrogens is 234 g/mol. The van der Waals surface area contributed by atoms with E-state index in [1.54, 1.807) is 6.92 Å². The van der Waals surface area contributed by atoms with Gasteiger partial charge in [-0.25, -0.2) is 9.59 Å². The van der Waals surface area contributed by atoms with Crippen molar-refractivity contribution in [2.75, 3.05) is 19.6 Å². The van der Waals surface area contributed by atoms with Crippen molar-refractivity contribution in [2.45, 2.75) is 45.2 Å². The molecule has 0 bridgehead atoms. The van der Waals surface area contributed by atoms with Gasteiger partial charge in [0.1, 0.15) is 6.04 Å². The molecule has 0 saturated carbocycles. The third-order valence-corrected chi connectivity index (χ3v) is 3.33. The van der Waals surface area contributed by atoms with E-state index in [9.17, 15) is 9.59 Å². The first-order chi connectivity index (χ1) is 8.54. The Morgan fingerprint density at radius 2 is 1.94 bits per heavy atom. The molecule has 1 saturated heterocycles. The number of hydrogen-bond acceptors (Lipinski definition) is 3. The molecule has 6 nitrogen and oxygen atoms in total. The van der Waals surface area contributed by atoms with Crippen LogP contribution < -0.4 is 10.6 Å². The Morgan fingerprint density at radius 1 is 1.33 bits per heavy atom. The first kappa shape index (κ1) is 14.8. The largest absolute Gasteiger partial charge is 0.480 e. The molecule has 104 valence electrons. The molecule has 0 aromatic heterocycles. The van der Waals surface area contributed by atoms with E-state index in [1.165, 1.54) is 12.8 Å². The number of hydrogen-bond donors (Lipinski definition) is 3. The number of carboxylic acid groups (broad SMARTS) is 1. The number of carbonyl (C=O) groups excluding carboxylic acids is 1. The van der Waals surface area contributed by atoms with Gasteiger partial charge in [0.25, 0.3) is 0 Å². The maximum absolute atomic E-state index is 11.5. The predicted octanol–water partition coefficient (Wildman–Crippen LogP) is 0.633. The van der Waals surface area contributed by atoms with Crippen molar-refractivity contribution in [3.8, 4) is 0 Å². The molecule has 0 spiro atoms. The van der Waals surface area contributed by atoms with E-state index in [2.05, 4.69) is 22.5 Å². The van der Waals surface area contributed by atoms with Crippen molar-refractivity contribution < 1.29 is 14.7 Å². The van der Waals surface area contributed by atoms with Gasteiger partial charge < -0.3 is 15.7 Å². The summed E-state index contributed by atoms with van der Waals surface area (Å²) < 4.78 is 0. The topological polar surface area (TPSA) is 81.7 Å². The molecule has 0 aliphatic carbocycles. The van der Waals surface area contributed by atoms with Crippen molar-refractivity contribution in [2.24, 2.45) is 0 Å². The van der Waals surface area contributed by atoms with Gasteiger partial charge in [0.2, 0.25) is 0 Å². The summed E-state index contributed by atoms with van der Waals surface area (Å²) >= 11 is 0. The molecule has 2 atom stereocenters.